The number of amides is 1. The minimum atomic E-state index is -0.400. The summed E-state index contributed by atoms with van der Waals surface area (Å²) in [7, 11) is 0. The lowest BCUT2D eigenvalue weighted by molar-refractivity contribution is -0.122. The quantitative estimate of drug-likeness (QED) is 0.508. The first-order chi connectivity index (χ1) is 15.2. The summed E-state index contributed by atoms with van der Waals surface area (Å²) in [4.78, 5) is 20.1. The summed E-state index contributed by atoms with van der Waals surface area (Å²) in [6, 6.07) is 19.0. The van der Waals surface area contributed by atoms with Crippen LogP contribution in [0.1, 0.15) is 42.0 Å². The van der Waals surface area contributed by atoms with Crippen LogP contribution in [0.4, 0.5) is 5.82 Å². The number of anilines is 1. The van der Waals surface area contributed by atoms with E-state index in [4.69, 9.17) is 8.94 Å². The van der Waals surface area contributed by atoms with Gasteiger partial charge in [-0.3, -0.25) is 9.69 Å². The van der Waals surface area contributed by atoms with Crippen LogP contribution >= 0.6 is 0 Å². The molecule has 1 fully saturated rings. The SMILES string of the molecule is Cc1cc(NC(=O)[C@@H](c2ccccc2)N2CCC(c3nc4ccccc4o3)CC2)no1. The highest BCUT2D eigenvalue weighted by Crippen LogP contribution is 2.34. The number of nitrogens with zero attached hydrogens (tertiary/aromatic N) is 3. The number of hydrogen-bond donors (Lipinski definition) is 1. The van der Waals surface area contributed by atoms with Gasteiger partial charge in [-0.2, -0.15) is 0 Å². The Morgan fingerprint density at radius 3 is 2.55 bits per heavy atom. The molecular weight excluding hydrogens is 392 g/mol. The van der Waals surface area contributed by atoms with Gasteiger partial charge in [0.05, 0.1) is 0 Å². The van der Waals surface area contributed by atoms with Gasteiger partial charge >= 0.3 is 0 Å². The van der Waals surface area contributed by atoms with Gasteiger partial charge in [0.15, 0.2) is 17.3 Å². The first-order valence-corrected chi connectivity index (χ1v) is 10.6. The smallest absolute Gasteiger partial charge is 0.247 e. The molecule has 1 saturated heterocycles. The lowest BCUT2D eigenvalue weighted by Crippen LogP contribution is -2.41. The first-order valence-electron chi connectivity index (χ1n) is 10.6. The third kappa shape index (κ3) is 4.09. The number of nitrogens with one attached hydrogen (secondary N) is 1. The molecule has 158 valence electrons. The second kappa shape index (κ2) is 8.35. The highest BCUT2D eigenvalue weighted by atomic mass is 16.5. The molecule has 7 nitrogen and oxygen atoms in total. The van der Waals surface area contributed by atoms with Crippen LogP contribution in [0, 0.1) is 6.92 Å². The van der Waals surface area contributed by atoms with Gasteiger partial charge in [-0.05, 0) is 50.6 Å². The molecule has 2 aromatic carbocycles. The second-order valence-corrected chi connectivity index (χ2v) is 7.96. The van der Waals surface area contributed by atoms with Gasteiger partial charge in [0.25, 0.3) is 0 Å². The van der Waals surface area contributed by atoms with Crippen molar-refractivity contribution in [1.82, 2.24) is 15.0 Å². The summed E-state index contributed by atoms with van der Waals surface area (Å²) in [6.45, 7) is 3.34. The molecule has 0 radical (unpaired) electrons. The van der Waals surface area contributed by atoms with E-state index >= 15 is 0 Å². The Morgan fingerprint density at radius 2 is 1.84 bits per heavy atom. The monoisotopic (exact) mass is 416 g/mol. The number of benzene rings is 2. The van der Waals surface area contributed by atoms with Crippen LogP contribution in [0.3, 0.4) is 0 Å². The van der Waals surface area contributed by atoms with Crippen molar-refractivity contribution >= 4 is 22.8 Å². The van der Waals surface area contributed by atoms with Crippen LogP contribution in [0.5, 0.6) is 0 Å². The van der Waals surface area contributed by atoms with Gasteiger partial charge < -0.3 is 14.3 Å². The van der Waals surface area contributed by atoms with E-state index in [0.29, 0.717) is 11.6 Å². The molecule has 1 aliphatic heterocycles. The number of carbonyl (C=O) groups is 1. The molecule has 0 unspecified atom stereocenters. The molecule has 31 heavy (non-hydrogen) atoms. The molecule has 0 spiro atoms. The number of aromatic nitrogens is 2. The number of piperidine rings is 1. The zero-order chi connectivity index (χ0) is 21.2. The van der Waals surface area contributed by atoms with E-state index in [9.17, 15) is 4.79 Å². The van der Waals surface area contributed by atoms with E-state index in [1.54, 1.807) is 13.0 Å². The van der Waals surface area contributed by atoms with Gasteiger partial charge in [0.1, 0.15) is 17.3 Å². The molecule has 1 N–H and O–H groups in total. The summed E-state index contributed by atoms with van der Waals surface area (Å²) >= 11 is 0. The van der Waals surface area contributed by atoms with E-state index in [2.05, 4.69) is 20.4 Å². The van der Waals surface area contributed by atoms with Gasteiger partial charge in [0.2, 0.25) is 5.91 Å². The van der Waals surface area contributed by atoms with Crippen molar-refractivity contribution in [2.45, 2.75) is 31.7 Å². The molecule has 1 amide bonds. The maximum atomic E-state index is 13.2. The van der Waals surface area contributed by atoms with Gasteiger partial charge in [0, 0.05) is 12.0 Å². The number of aryl methyl sites for hydroxylation is 1. The lowest BCUT2D eigenvalue weighted by atomic mass is 9.93. The fourth-order valence-electron chi connectivity index (χ4n) is 4.25. The van der Waals surface area contributed by atoms with Crippen LogP contribution in [-0.4, -0.2) is 34.0 Å². The summed E-state index contributed by atoms with van der Waals surface area (Å²) < 4.78 is 11.1. The summed E-state index contributed by atoms with van der Waals surface area (Å²) in [5.41, 5.74) is 2.68. The predicted molar refractivity (Wildman–Crippen MR) is 117 cm³/mol. The highest BCUT2D eigenvalue weighted by Gasteiger charge is 2.33. The van der Waals surface area contributed by atoms with Gasteiger partial charge in [-0.15, -0.1) is 0 Å². The summed E-state index contributed by atoms with van der Waals surface area (Å²) in [5, 5.41) is 6.81. The topological polar surface area (TPSA) is 84.4 Å². The normalized spacial score (nSPS) is 16.4. The van der Waals surface area contributed by atoms with Crippen molar-refractivity contribution < 1.29 is 13.7 Å². The van der Waals surface area contributed by atoms with E-state index < -0.39 is 6.04 Å². The average Bonchev–Trinajstić information content (AvgIpc) is 3.41. The largest absolute Gasteiger partial charge is 0.440 e. The molecule has 4 aromatic rings. The standard InChI is InChI=1S/C24H24N4O3/c1-16-15-21(27-31-16)26-23(29)22(17-7-3-2-4-8-17)28-13-11-18(12-14-28)24-25-19-9-5-6-10-20(19)30-24/h2-10,15,18,22H,11-14H2,1H3,(H,26,27,29)/t22-/m1/s1. The van der Waals surface area contributed by atoms with Crippen LogP contribution in [0.25, 0.3) is 11.1 Å². The predicted octanol–water partition coefficient (Wildman–Crippen LogP) is 4.68. The second-order valence-electron chi connectivity index (χ2n) is 7.96. The molecule has 1 aliphatic rings. The van der Waals surface area contributed by atoms with Crippen LogP contribution in [0.15, 0.2) is 69.6 Å². The molecular formula is C24H24N4O3. The zero-order valence-electron chi connectivity index (χ0n) is 17.3. The summed E-state index contributed by atoms with van der Waals surface area (Å²) in [5.74, 6) is 2.02. The van der Waals surface area contributed by atoms with Crippen LogP contribution < -0.4 is 5.32 Å². The van der Waals surface area contributed by atoms with Crippen molar-refractivity contribution in [2.75, 3.05) is 18.4 Å². The number of likely N-dealkylation sites (tertiary alicyclic amines) is 1. The fraction of sp³-hybridized carbons (Fsp3) is 0.292. The van der Waals surface area contributed by atoms with Crippen molar-refractivity contribution in [2.24, 2.45) is 0 Å². The highest BCUT2D eigenvalue weighted by molar-refractivity contribution is 5.94. The minimum Gasteiger partial charge on any atom is -0.440 e. The number of para-hydroxylation sites is 2. The number of hydrogen-bond acceptors (Lipinski definition) is 6. The van der Waals surface area contributed by atoms with Crippen molar-refractivity contribution in [3.05, 3.63) is 77.9 Å². The van der Waals surface area contributed by atoms with Crippen molar-refractivity contribution in [3.8, 4) is 0 Å². The van der Waals surface area contributed by atoms with Crippen molar-refractivity contribution in [3.63, 3.8) is 0 Å². The third-order valence-electron chi connectivity index (χ3n) is 5.80. The third-order valence-corrected chi connectivity index (χ3v) is 5.80. The van der Waals surface area contributed by atoms with Crippen LogP contribution in [0.2, 0.25) is 0 Å². The lowest BCUT2D eigenvalue weighted by Gasteiger charge is -2.36. The van der Waals surface area contributed by atoms with E-state index in [1.807, 2.05) is 54.6 Å². The Labute approximate surface area is 180 Å². The molecule has 5 rings (SSSR count). The van der Waals surface area contributed by atoms with E-state index in [0.717, 1.165) is 48.5 Å². The van der Waals surface area contributed by atoms with Gasteiger partial charge in [-0.25, -0.2) is 4.98 Å². The first kappa shape index (κ1) is 19.5. The molecule has 0 aliphatic carbocycles. The number of rotatable bonds is 5. The fourth-order valence-corrected chi connectivity index (χ4v) is 4.25. The van der Waals surface area contributed by atoms with E-state index in [1.165, 1.54) is 0 Å². The molecule has 7 heteroatoms. The Morgan fingerprint density at radius 1 is 1.10 bits per heavy atom. The number of carbonyl (C=O) groups excluding carboxylic acids is 1. The summed E-state index contributed by atoms with van der Waals surface area (Å²) in [6.07, 6.45) is 1.76. The molecule has 1 atom stereocenters. The molecule has 0 bridgehead atoms. The Balaban J connectivity index is 1.33. The average molecular weight is 416 g/mol. The van der Waals surface area contributed by atoms with Crippen molar-refractivity contribution in [1.29, 1.82) is 0 Å². The maximum absolute atomic E-state index is 13.2. The Hall–Kier alpha value is -3.45. The van der Waals surface area contributed by atoms with Gasteiger partial charge in [-0.1, -0.05) is 47.6 Å². The Bertz CT molecular complexity index is 1140. The number of oxazole rings is 1. The molecule has 2 aromatic heterocycles. The molecule has 0 saturated carbocycles. The number of fused-ring (bicyclic) bond motifs is 1. The minimum absolute atomic E-state index is 0.111. The Kier molecular flexibility index (Phi) is 5.26. The van der Waals surface area contributed by atoms with E-state index in [-0.39, 0.29) is 11.8 Å². The molecule has 3 heterocycles. The van der Waals surface area contributed by atoms with Crippen LogP contribution in [-0.2, 0) is 4.79 Å². The maximum Gasteiger partial charge on any atom is 0.247 e. The zero-order valence-corrected chi connectivity index (χ0v) is 17.3.